The molecule has 0 radical (unpaired) electrons. The highest BCUT2D eigenvalue weighted by molar-refractivity contribution is 9.10. The normalized spacial score (nSPS) is 12.6. The molecule has 0 aliphatic rings. The van der Waals surface area contributed by atoms with Crippen LogP contribution < -0.4 is 5.32 Å². The quantitative estimate of drug-likeness (QED) is 0.841. The maximum atomic E-state index is 12.3. The van der Waals surface area contributed by atoms with E-state index in [1.807, 2.05) is 24.3 Å². The molecule has 0 saturated heterocycles. The van der Waals surface area contributed by atoms with E-state index in [-0.39, 0.29) is 11.9 Å². The number of halogens is 1. The van der Waals surface area contributed by atoms with Crippen LogP contribution in [0.4, 0.5) is 5.82 Å². The van der Waals surface area contributed by atoms with Gasteiger partial charge in [0, 0.05) is 27.3 Å². The summed E-state index contributed by atoms with van der Waals surface area (Å²) in [5.41, 5.74) is 0. The van der Waals surface area contributed by atoms with Gasteiger partial charge in [0.05, 0.1) is 6.04 Å². The van der Waals surface area contributed by atoms with Crippen LogP contribution >= 0.6 is 27.3 Å². The molecule has 1 N–H and O–H groups in total. The Hall–Kier alpha value is -1.18. The number of aryl methyl sites for hydroxylation is 1. The maximum absolute atomic E-state index is 12.3. The van der Waals surface area contributed by atoms with E-state index in [1.54, 1.807) is 24.3 Å². The molecule has 0 spiro atoms. The van der Waals surface area contributed by atoms with Gasteiger partial charge in [0.1, 0.15) is 5.76 Å². The highest BCUT2D eigenvalue weighted by Gasteiger charge is 2.22. The van der Waals surface area contributed by atoms with E-state index in [0.717, 1.165) is 17.4 Å². The van der Waals surface area contributed by atoms with Gasteiger partial charge in [-0.15, -0.1) is 11.3 Å². The highest BCUT2D eigenvalue weighted by atomic mass is 79.9. The van der Waals surface area contributed by atoms with Crippen molar-refractivity contribution < 1.29 is 9.32 Å². The fourth-order valence-electron chi connectivity index (χ4n) is 2.12. The number of aromatic nitrogens is 1. The average Bonchev–Trinajstić information content (AvgIpc) is 2.99. The number of hydrogen-bond donors (Lipinski definition) is 1. The van der Waals surface area contributed by atoms with Crippen molar-refractivity contribution in [3.05, 3.63) is 32.6 Å². The molecule has 5 nitrogen and oxygen atoms in total. The second kappa shape index (κ2) is 7.20. The number of nitrogens with one attached hydrogen (secondary N) is 1. The van der Waals surface area contributed by atoms with E-state index in [9.17, 15) is 4.79 Å². The van der Waals surface area contributed by atoms with Gasteiger partial charge in [-0.3, -0.25) is 9.69 Å². The Balaban J connectivity index is 1.98. The van der Waals surface area contributed by atoms with Crippen molar-refractivity contribution in [1.29, 1.82) is 0 Å². The van der Waals surface area contributed by atoms with Gasteiger partial charge in [0.2, 0.25) is 5.91 Å². The molecule has 1 amide bonds. The minimum Gasteiger partial charge on any atom is -0.360 e. The van der Waals surface area contributed by atoms with Gasteiger partial charge in [-0.05, 0) is 42.4 Å². The van der Waals surface area contributed by atoms with Crippen molar-refractivity contribution in [3.8, 4) is 0 Å². The lowest BCUT2D eigenvalue weighted by molar-refractivity contribution is -0.121. The Morgan fingerprint density at radius 1 is 1.57 bits per heavy atom. The summed E-state index contributed by atoms with van der Waals surface area (Å²) >= 11 is 5.12. The first-order valence-corrected chi connectivity index (χ1v) is 8.34. The third-order valence-electron chi connectivity index (χ3n) is 3.13. The van der Waals surface area contributed by atoms with Crippen LogP contribution in [0.15, 0.2) is 26.5 Å². The predicted molar refractivity (Wildman–Crippen MR) is 87.4 cm³/mol. The number of likely N-dealkylation sites (N-methyl/N-ethyl adjacent to an activating group) is 1. The molecule has 0 aromatic carbocycles. The standard InChI is InChI=1S/C14H18BrN3O2S/c1-4-12(14(19)16-13-5-9(2)20-17-13)18(3)7-11-6-10(15)8-21-11/h5-6,8,12H,4,7H2,1-3H3,(H,16,17,19)/t12-/m1/s1. The fraction of sp³-hybridized carbons (Fsp3) is 0.429. The van der Waals surface area contributed by atoms with Crippen LogP contribution in [0, 0.1) is 6.92 Å². The molecular weight excluding hydrogens is 354 g/mol. The first-order chi connectivity index (χ1) is 9.99. The summed E-state index contributed by atoms with van der Waals surface area (Å²) in [4.78, 5) is 15.6. The molecule has 0 fully saturated rings. The summed E-state index contributed by atoms with van der Waals surface area (Å²) in [5.74, 6) is 1.07. The van der Waals surface area contributed by atoms with Crippen LogP contribution in [0.5, 0.6) is 0 Å². The second-order valence-electron chi connectivity index (χ2n) is 4.88. The molecule has 0 aliphatic carbocycles. The number of nitrogens with zero attached hydrogens (tertiary/aromatic N) is 2. The second-order valence-corrected chi connectivity index (χ2v) is 6.79. The Kier molecular flexibility index (Phi) is 5.55. The van der Waals surface area contributed by atoms with Crippen LogP contribution in [0.2, 0.25) is 0 Å². The van der Waals surface area contributed by atoms with Crippen molar-refractivity contribution in [2.45, 2.75) is 32.9 Å². The molecular formula is C14H18BrN3O2S. The van der Waals surface area contributed by atoms with Gasteiger partial charge < -0.3 is 9.84 Å². The first-order valence-electron chi connectivity index (χ1n) is 6.67. The molecule has 21 heavy (non-hydrogen) atoms. The number of carbonyl (C=O) groups is 1. The monoisotopic (exact) mass is 371 g/mol. The maximum Gasteiger partial charge on any atom is 0.242 e. The van der Waals surface area contributed by atoms with Gasteiger partial charge in [0.25, 0.3) is 0 Å². The Labute approximate surface area is 136 Å². The van der Waals surface area contributed by atoms with Crippen LogP contribution in [-0.4, -0.2) is 29.1 Å². The summed E-state index contributed by atoms with van der Waals surface area (Å²) in [6.07, 6.45) is 0.728. The molecule has 2 aromatic rings. The zero-order valence-electron chi connectivity index (χ0n) is 12.2. The van der Waals surface area contributed by atoms with Crippen LogP contribution in [0.3, 0.4) is 0 Å². The Bertz CT molecular complexity index is 611. The molecule has 2 aromatic heterocycles. The minimum absolute atomic E-state index is 0.0658. The van der Waals surface area contributed by atoms with Crippen LogP contribution in [-0.2, 0) is 11.3 Å². The van der Waals surface area contributed by atoms with E-state index in [0.29, 0.717) is 11.6 Å². The van der Waals surface area contributed by atoms with Gasteiger partial charge in [-0.2, -0.15) is 0 Å². The predicted octanol–water partition coefficient (Wildman–Crippen LogP) is 3.66. The Morgan fingerprint density at radius 3 is 2.86 bits per heavy atom. The zero-order chi connectivity index (χ0) is 15.4. The third-order valence-corrected chi connectivity index (χ3v) is 4.81. The molecule has 2 rings (SSSR count). The number of rotatable bonds is 6. The van der Waals surface area contributed by atoms with E-state index >= 15 is 0 Å². The number of thiophene rings is 1. The van der Waals surface area contributed by atoms with Gasteiger partial charge >= 0.3 is 0 Å². The zero-order valence-corrected chi connectivity index (χ0v) is 14.6. The van der Waals surface area contributed by atoms with E-state index < -0.39 is 0 Å². The SMILES string of the molecule is CC[C@H](C(=O)Nc1cc(C)on1)N(C)Cc1cc(Br)cs1. The molecule has 114 valence electrons. The summed E-state index contributed by atoms with van der Waals surface area (Å²) in [5, 5.41) is 8.63. The summed E-state index contributed by atoms with van der Waals surface area (Å²) in [6, 6.07) is 3.58. The Morgan fingerprint density at radius 2 is 2.33 bits per heavy atom. The van der Waals surface area contributed by atoms with Gasteiger partial charge in [0.15, 0.2) is 5.82 Å². The van der Waals surface area contributed by atoms with Gasteiger partial charge in [-0.1, -0.05) is 12.1 Å². The molecule has 0 unspecified atom stereocenters. The smallest absolute Gasteiger partial charge is 0.242 e. The number of carbonyl (C=O) groups excluding carboxylic acids is 1. The van der Waals surface area contributed by atoms with E-state index in [4.69, 9.17) is 4.52 Å². The summed E-state index contributed by atoms with van der Waals surface area (Å²) in [6.45, 7) is 4.53. The van der Waals surface area contributed by atoms with Crippen molar-refractivity contribution in [3.63, 3.8) is 0 Å². The van der Waals surface area contributed by atoms with E-state index in [1.165, 1.54) is 4.88 Å². The molecule has 0 saturated carbocycles. The lowest BCUT2D eigenvalue weighted by Gasteiger charge is -2.25. The molecule has 1 atom stereocenters. The topological polar surface area (TPSA) is 58.4 Å². The fourth-order valence-corrected chi connectivity index (χ4v) is 3.64. The lowest BCUT2D eigenvalue weighted by Crippen LogP contribution is -2.41. The highest BCUT2D eigenvalue weighted by Crippen LogP contribution is 2.22. The van der Waals surface area contributed by atoms with Crippen molar-refractivity contribution >= 4 is 39.0 Å². The number of hydrogen-bond acceptors (Lipinski definition) is 5. The molecule has 0 aliphatic heterocycles. The summed E-state index contributed by atoms with van der Waals surface area (Å²) in [7, 11) is 1.95. The van der Waals surface area contributed by atoms with Crippen LogP contribution in [0.25, 0.3) is 0 Å². The van der Waals surface area contributed by atoms with E-state index in [2.05, 4.69) is 32.5 Å². The third kappa shape index (κ3) is 4.39. The number of amides is 1. The van der Waals surface area contributed by atoms with Crippen LogP contribution in [0.1, 0.15) is 24.0 Å². The van der Waals surface area contributed by atoms with Crippen molar-refractivity contribution in [2.75, 3.05) is 12.4 Å². The molecule has 0 bridgehead atoms. The molecule has 2 heterocycles. The largest absolute Gasteiger partial charge is 0.360 e. The first kappa shape index (κ1) is 16.2. The summed E-state index contributed by atoms with van der Waals surface area (Å²) < 4.78 is 6.03. The lowest BCUT2D eigenvalue weighted by atomic mass is 10.2. The van der Waals surface area contributed by atoms with Gasteiger partial charge in [-0.25, -0.2) is 0 Å². The average molecular weight is 372 g/mol. The number of anilines is 1. The molecule has 7 heteroatoms. The van der Waals surface area contributed by atoms with Crippen molar-refractivity contribution in [2.24, 2.45) is 0 Å². The van der Waals surface area contributed by atoms with Crippen molar-refractivity contribution in [1.82, 2.24) is 10.1 Å². The minimum atomic E-state index is -0.206.